The first kappa shape index (κ1) is 12.8. The second-order valence-electron chi connectivity index (χ2n) is 4.03. The molecule has 0 radical (unpaired) electrons. The lowest BCUT2D eigenvalue weighted by atomic mass is 10.1. The number of rotatable bonds is 3. The molecule has 94 valence electrons. The number of hydrogen-bond acceptors (Lipinski definition) is 3. The third-order valence-corrected chi connectivity index (χ3v) is 3.28. The molecule has 1 aliphatic rings. The summed E-state index contributed by atoms with van der Waals surface area (Å²) in [5.41, 5.74) is 0.480. The number of halogens is 1. The van der Waals surface area contributed by atoms with Gasteiger partial charge in [-0.05, 0) is 17.7 Å². The quantitative estimate of drug-likeness (QED) is 0.856. The van der Waals surface area contributed by atoms with Crippen LogP contribution in [0.1, 0.15) is 18.0 Å². The van der Waals surface area contributed by atoms with Crippen LogP contribution in [0.25, 0.3) is 0 Å². The number of Topliss-reactive ketones (excluding diaryl/α,β-unsaturated/α-hetero) is 1. The molecule has 1 unspecified atom stereocenters. The van der Waals surface area contributed by atoms with Gasteiger partial charge in [-0.15, -0.1) is 0 Å². The molecule has 0 aromatic heterocycles. The molecule has 1 amide bonds. The highest BCUT2D eigenvalue weighted by atomic mass is 79.9. The highest BCUT2D eigenvalue weighted by Gasteiger charge is 2.37. The second-order valence-corrected chi connectivity index (χ2v) is 4.95. The predicted molar refractivity (Wildman–Crippen MR) is 65.9 cm³/mol. The Hall–Kier alpha value is -1.69. The van der Waals surface area contributed by atoms with Gasteiger partial charge in [0.25, 0.3) is 0 Å². The fourth-order valence-corrected chi connectivity index (χ4v) is 2.20. The first-order valence-corrected chi connectivity index (χ1v) is 6.08. The monoisotopic (exact) mass is 311 g/mol. The standard InChI is InChI=1S/C12H10BrNO4/c13-8-3-1-7(2-4-8)11(12(17)18)14-6-9(15)5-10(14)16/h1-4,11H,5-6H2,(H,17,18). The van der Waals surface area contributed by atoms with E-state index in [0.29, 0.717) is 5.56 Å². The van der Waals surface area contributed by atoms with Crippen LogP contribution in [0.5, 0.6) is 0 Å². The first-order chi connectivity index (χ1) is 8.49. The van der Waals surface area contributed by atoms with Crippen molar-refractivity contribution >= 4 is 33.6 Å². The Balaban J connectivity index is 2.34. The smallest absolute Gasteiger partial charge is 0.331 e. The molecule has 0 bridgehead atoms. The van der Waals surface area contributed by atoms with Crippen molar-refractivity contribution in [3.63, 3.8) is 0 Å². The molecule has 0 aliphatic carbocycles. The fraction of sp³-hybridized carbons (Fsp3) is 0.250. The number of amides is 1. The minimum Gasteiger partial charge on any atom is -0.479 e. The van der Waals surface area contributed by atoms with Crippen molar-refractivity contribution in [3.8, 4) is 0 Å². The minimum absolute atomic E-state index is 0.133. The number of ketones is 1. The van der Waals surface area contributed by atoms with Gasteiger partial charge in [-0.1, -0.05) is 28.1 Å². The molecule has 1 aromatic rings. The third-order valence-electron chi connectivity index (χ3n) is 2.75. The van der Waals surface area contributed by atoms with Crippen LogP contribution in [0, 0.1) is 0 Å². The van der Waals surface area contributed by atoms with Gasteiger partial charge in [0, 0.05) is 4.47 Å². The lowest BCUT2D eigenvalue weighted by molar-refractivity contribution is -0.148. The zero-order chi connectivity index (χ0) is 13.3. The molecule has 1 atom stereocenters. The molecule has 1 fully saturated rings. The molecular formula is C12H10BrNO4. The number of hydrogen-bond donors (Lipinski definition) is 1. The van der Waals surface area contributed by atoms with Crippen molar-refractivity contribution in [2.75, 3.05) is 6.54 Å². The topological polar surface area (TPSA) is 74.7 Å². The maximum Gasteiger partial charge on any atom is 0.331 e. The lowest BCUT2D eigenvalue weighted by Gasteiger charge is -2.23. The molecule has 1 N–H and O–H groups in total. The maximum absolute atomic E-state index is 11.6. The Morgan fingerprint density at radius 3 is 2.33 bits per heavy atom. The van der Waals surface area contributed by atoms with Crippen molar-refractivity contribution in [2.24, 2.45) is 0 Å². The second kappa shape index (κ2) is 4.89. The Bertz CT molecular complexity index is 511. The van der Waals surface area contributed by atoms with E-state index in [-0.39, 0.29) is 18.7 Å². The van der Waals surface area contributed by atoms with Gasteiger partial charge in [0.15, 0.2) is 11.8 Å². The molecule has 0 saturated carbocycles. The molecule has 2 rings (SSSR count). The largest absolute Gasteiger partial charge is 0.479 e. The summed E-state index contributed by atoms with van der Waals surface area (Å²) in [6, 6.07) is 5.55. The van der Waals surface area contributed by atoms with Crippen molar-refractivity contribution in [1.82, 2.24) is 4.90 Å². The molecular weight excluding hydrogens is 302 g/mol. The first-order valence-electron chi connectivity index (χ1n) is 5.28. The van der Waals surface area contributed by atoms with Crippen LogP contribution >= 0.6 is 15.9 Å². The van der Waals surface area contributed by atoms with Gasteiger partial charge in [0.2, 0.25) is 5.91 Å². The molecule has 0 spiro atoms. The van der Waals surface area contributed by atoms with E-state index < -0.39 is 17.9 Å². The Morgan fingerprint density at radius 2 is 1.89 bits per heavy atom. The van der Waals surface area contributed by atoms with Crippen LogP contribution in [0.4, 0.5) is 0 Å². The summed E-state index contributed by atoms with van der Waals surface area (Å²) in [6.45, 7) is -0.133. The van der Waals surface area contributed by atoms with Crippen molar-refractivity contribution in [2.45, 2.75) is 12.5 Å². The highest BCUT2D eigenvalue weighted by Crippen LogP contribution is 2.26. The van der Waals surface area contributed by atoms with Gasteiger partial charge in [0.1, 0.15) is 0 Å². The number of nitrogens with zero attached hydrogens (tertiary/aromatic N) is 1. The summed E-state index contributed by atoms with van der Waals surface area (Å²) >= 11 is 3.25. The van der Waals surface area contributed by atoms with Gasteiger partial charge < -0.3 is 10.0 Å². The highest BCUT2D eigenvalue weighted by molar-refractivity contribution is 9.10. The van der Waals surface area contributed by atoms with Crippen molar-refractivity contribution in [1.29, 1.82) is 0 Å². The molecule has 6 heteroatoms. The van der Waals surface area contributed by atoms with E-state index in [1.165, 1.54) is 0 Å². The van der Waals surface area contributed by atoms with Gasteiger partial charge in [-0.25, -0.2) is 4.79 Å². The summed E-state index contributed by atoms with van der Waals surface area (Å²) < 4.78 is 0.819. The summed E-state index contributed by atoms with van der Waals surface area (Å²) in [5.74, 6) is -1.82. The van der Waals surface area contributed by atoms with E-state index in [2.05, 4.69) is 15.9 Å². The van der Waals surface area contributed by atoms with Crippen LogP contribution in [-0.4, -0.2) is 34.2 Å². The minimum atomic E-state index is -1.14. The van der Waals surface area contributed by atoms with E-state index in [0.717, 1.165) is 9.37 Å². The maximum atomic E-state index is 11.6. The molecule has 1 aromatic carbocycles. The summed E-state index contributed by atoms with van der Waals surface area (Å²) in [4.78, 5) is 35.2. The summed E-state index contributed by atoms with van der Waals surface area (Å²) in [5, 5.41) is 9.24. The van der Waals surface area contributed by atoms with Gasteiger partial charge in [-0.2, -0.15) is 0 Å². The summed E-state index contributed by atoms with van der Waals surface area (Å²) in [7, 11) is 0. The average molecular weight is 312 g/mol. The number of likely N-dealkylation sites (tertiary alicyclic amines) is 1. The zero-order valence-electron chi connectivity index (χ0n) is 9.30. The number of carbonyl (C=O) groups is 3. The van der Waals surface area contributed by atoms with E-state index in [1.54, 1.807) is 24.3 Å². The fourth-order valence-electron chi connectivity index (χ4n) is 1.94. The van der Waals surface area contributed by atoms with E-state index in [9.17, 15) is 19.5 Å². The van der Waals surface area contributed by atoms with Crippen molar-refractivity contribution < 1.29 is 19.5 Å². The third kappa shape index (κ3) is 2.43. The number of carboxylic acids is 1. The van der Waals surface area contributed by atoms with Crippen molar-refractivity contribution in [3.05, 3.63) is 34.3 Å². The molecule has 1 aliphatic heterocycles. The number of carboxylic acid groups (broad SMARTS) is 1. The molecule has 5 nitrogen and oxygen atoms in total. The normalized spacial score (nSPS) is 17.1. The number of benzene rings is 1. The number of aliphatic carboxylic acids is 1. The molecule has 1 saturated heterocycles. The molecule has 1 heterocycles. The van der Waals surface area contributed by atoms with Gasteiger partial charge in [-0.3, -0.25) is 9.59 Å². The Morgan fingerprint density at radius 1 is 1.28 bits per heavy atom. The lowest BCUT2D eigenvalue weighted by Crippen LogP contribution is -2.35. The Labute approximate surface area is 112 Å². The number of carbonyl (C=O) groups excluding carboxylic acids is 2. The van der Waals surface area contributed by atoms with E-state index >= 15 is 0 Å². The van der Waals surface area contributed by atoms with Crippen LogP contribution in [0.2, 0.25) is 0 Å². The van der Waals surface area contributed by atoms with E-state index in [1.807, 2.05) is 0 Å². The zero-order valence-corrected chi connectivity index (χ0v) is 10.9. The SMILES string of the molecule is O=C1CC(=O)N(C(C(=O)O)c2ccc(Br)cc2)C1. The van der Waals surface area contributed by atoms with Gasteiger partial charge in [0.05, 0.1) is 13.0 Å². The van der Waals surface area contributed by atoms with Crippen LogP contribution in [-0.2, 0) is 14.4 Å². The predicted octanol–water partition coefficient (Wildman–Crippen LogP) is 1.38. The summed E-state index contributed by atoms with van der Waals surface area (Å²) in [6.07, 6.45) is -0.208. The average Bonchev–Trinajstić information content (AvgIpc) is 2.61. The van der Waals surface area contributed by atoms with Crippen LogP contribution in [0.3, 0.4) is 0 Å². The molecule has 18 heavy (non-hydrogen) atoms. The van der Waals surface area contributed by atoms with E-state index in [4.69, 9.17) is 0 Å². The Kier molecular flexibility index (Phi) is 3.47. The van der Waals surface area contributed by atoms with Gasteiger partial charge >= 0.3 is 5.97 Å². The van der Waals surface area contributed by atoms with Crippen LogP contribution < -0.4 is 0 Å². The van der Waals surface area contributed by atoms with Crippen LogP contribution in [0.15, 0.2) is 28.7 Å².